The largest absolute Gasteiger partial charge is 0.355 e. The molecule has 1 N–H and O–H groups in total. The van der Waals surface area contributed by atoms with Crippen molar-refractivity contribution in [3.05, 3.63) is 35.4 Å². The molecule has 16 heavy (non-hydrogen) atoms. The molecule has 0 saturated heterocycles. The Morgan fingerprint density at radius 2 is 2.19 bits per heavy atom. The Morgan fingerprint density at radius 1 is 1.44 bits per heavy atom. The van der Waals surface area contributed by atoms with Crippen LogP contribution in [0.2, 0.25) is 0 Å². The van der Waals surface area contributed by atoms with Crippen LogP contribution in [0.5, 0.6) is 0 Å². The summed E-state index contributed by atoms with van der Waals surface area (Å²) >= 11 is 0. The standard InChI is InChI=1S/C12H14N2O2/c1-9(15)13-6-7-14-8-10-4-2-3-5-11(10)12(14)16/h2-5H,6-8H2,1H3,(H,13,15). The Morgan fingerprint density at radius 3 is 2.88 bits per heavy atom. The van der Waals surface area contributed by atoms with E-state index in [0.29, 0.717) is 19.6 Å². The molecular formula is C12H14N2O2. The molecule has 0 aliphatic carbocycles. The van der Waals surface area contributed by atoms with Crippen molar-refractivity contribution in [3.63, 3.8) is 0 Å². The quantitative estimate of drug-likeness (QED) is 0.815. The number of hydrogen-bond acceptors (Lipinski definition) is 2. The second-order valence-electron chi connectivity index (χ2n) is 3.87. The molecular weight excluding hydrogens is 204 g/mol. The first-order valence-corrected chi connectivity index (χ1v) is 5.30. The van der Waals surface area contributed by atoms with Gasteiger partial charge in [0.15, 0.2) is 0 Å². The van der Waals surface area contributed by atoms with Gasteiger partial charge in [-0.25, -0.2) is 0 Å². The monoisotopic (exact) mass is 218 g/mol. The van der Waals surface area contributed by atoms with Gasteiger partial charge in [-0.2, -0.15) is 0 Å². The van der Waals surface area contributed by atoms with Gasteiger partial charge in [0.1, 0.15) is 0 Å². The molecule has 0 unspecified atom stereocenters. The molecule has 1 aliphatic heterocycles. The minimum atomic E-state index is -0.0656. The molecule has 0 bridgehead atoms. The maximum absolute atomic E-state index is 11.9. The van der Waals surface area contributed by atoms with Crippen LogP contribution in [0.1, 0.15) is 22.8 Å². The summed E-state index contributed by atoms with van der Waals surface area (Å²) < 4.78 is 0. The molecule has 4 heteroatoms. The number of carbonyl (C=O) groups is 2. The van der Waals surface area contributed by atoms with Crippen molar-refractivity contribution < 1.29 is 9.59 Å². The van der Waals surface area contributed by atoms with E-state index in [4.69, 9.17) is 0 Å². The number of carbonyl (C=O) groups excluding carboxylic acids is 2. The first-order valence-electron chi connectivity index (χ1n) is 5.30. The van der Waals surface area contributed by atoms with Gasteiger partial charge in [0.2, 0.25) is 5.91 Å². The summed E-state index contributed by atoms with van der Waals surface area (Å²) in [5, 5.41) is 2.69. The summed E-state index contributed by atoms with van der Waals surface area (Å²) in [6.07, 6.45) is 0. The van der Waals surface area contributed by atoms with Gasteiger partial charge in [0, 0.05) is 32.1 Å². The lowest BCUT2D eigenvalue weighted by atomic mass is 10.1. The van der Waals surface area contributed by atoms with Gasteiger partial charge in [0.05, 0.1) is 0 Å². The zero-order valence-electron chi connectivity index (χ0n) is 9.19. The molecule has 4 nitrogen and oxygen atoms in total. The van der Waals surface area contributed by atoms with E-state index >= 15 is 0 Å². The van der Waals surface area contributed by atoms with Crippen molar-refractivity contribution >= 4 is 11.8 Å². The Hall–Kier alpha value is -1.84. The van der Waals surface area contributed by atoms with Crippen molar-refractivity contribution in [1.82, 2.24) is 10.2 Å². The van der Waals surface area contributed by atoms with Gasteiger partial charge < -0.3 is 10.2 Å². The van der Waals surface area contributed by atoms with Crippen LogP contribution in [0, 0.1) is 0 Å². The average molecular weight is 218 g/mol. The predicted molar refractivity (Wildman–Crippen MR) is 59.9 cm³/mol. The van der Waals surface area contributed by atoms with E-state index in [0.717, 1.165) is 11.1 Å². The summed E-state index contributed by atoms with van der Waals surface area (Å²) in [6, 6.07) is 7.61. The minimum absolute atomic E-state index is 0.0564. The summed E-state index contributed by atoms with van der Waals surface area (Å²) in [7, 11) is 0. The molecule has 0 saturated carbocycles. The van der Waals surface area contributed by atoms with Crippen molar-refractivity contribution in [2.75, 3.05) is 13.1 Å². The van der Waals surface area contributed by atoms with Crippen LogP contribution >= 0.6 is 0 Å². The highest BCUT2D eigenvalue weighted by Gasteiger charge is 2.25. The van der Waals surface area contributed by atoms with Crippen LogP contribution in [0.25, 0.3) is 0 Å². The normalized spacial score (nSPS) is 13.8. The minimum Gasteiger partial charge on any atom is -0.355 e. The third-order valence-corrected chi connectivity index (χ3v) is 2.65. The van der Waals surface area contributed by atoms with Gasteiger partial charge in [-0.3, -0.25) is 9.59 Å². The Labute approximate surface area is 94.2 Å². The van der Waals surface area contributed by atoms with E-state index in [2.05, 4.69) is 5.32 Å². The SMILES string of the molecule is CC(=O)NCCN1Cc2ccccc2C1=O. The molecule has 0 aromatic heterocycles. The molecule has 1 aliphatic rings. The lowest BCUT2D eigenvalue weighted by molar-refractivity contribution is -0.119. The van der Waals surface area contributed by atoms with Gasteiger partial charge in [0.25, 0.3) is 5.91 Å². The first-order chi connectivity index (χ1) is 7.68. The second kappa shape index (κ2) is 4.35. The van der Waals surface area contributed by atoms with E-state index in [-0.39, 0.29) is 11.8 Å². The van der Waals surface area contributed by atoms with E-state index in [1.807, 2.05) is 24.3 Å². The molecule has 0 radical (unpaired) electrons. The highest BCUT2D eigenvalue weighted by atomic mass is 16.2. The van der Waals surface area contributed by atoms with Crippen LogP contribution in [0.15, 0.2) is 24.3 Å². The van der Waals surface area contributed by atoms with Crippen LogP contribution in [0.4, 0.5) is 0 Å². The maximum atomic E-state index is 11.9. The highest BCUT2D eigenvalue weighted by molar-refractivity contribution is 5.98. The molecule has 84 valence electrons. The number of nitrogens with one attached hydrogen (secondary N) is 1. The molecule has 2 rings (SSSR count). The average Bonchev–Trinajstić information content (AvgIpc) is 2.56. The Balaban J connectivity index is 1.97. The number of hydrogen-bond donors (Lipinski definition) is 1. The Kier molecular flexibility index (Phi) is 2.90. The van der Waals surface area contributed by atoms with Crippen LogP contribution in [0.3, 0.4) is 0 Å². The molecule has 2 amide bonds. The summed E-state index contributed by atoms with van der Waals surface area (Å²) in [6.45, 7) is 3.19. The third-order valence-electron chi connectivity index (χ3n) is 2.65. The fourth-order valence-electron chi connectivity index (χ4n) is 1.86. The highest BCUT2D eigenvalue weighted by Crippen LogP contribution is 2.21. The molecule has 0 fully saturated rings. The van der Waals surface area contributed by atoms with Crippen LogP contribution in [-0.2, 0) is 11.3 Å². The molecule has 0 atom stereocenters. The van der Waals surface area contributed by atoms with Gasteiger partial charge in [-0.05, 0) is 11.6 Å². The number of fused-ring (bicyclic) bond motifs is 1. The Bertz CT molecular complexity index is 429. The molecule has 1 aromatic rings. The van der Waals surface area contributed by atoms with E-state index in [9.17, 15) is 9.59 Å². The molecule has 1 heterocycles. The van der Waals surface area contributed by atoms with E-state index in [1.165, 1.54) is 6.92 Å². The van der Waals surface area contributed by atoms with E-state index in [1.54, 1.807) is 4.90 Å². The predicted octanol–water partition coefficient (Wildman–Crippen LogP) is 0.778. The lowest BCUT2D eigenvalue weighted by Crippen LogP contribution is -2.34. The zero-order valence-corrected chi connectivity index (χ0v) is 9.19. The summed E-state index contributed by atoms with van der Waals surface area (Å²) in [5.74, 6) is -0.00916. The van der Waals surface area contributed by atoms with Crippen LogP contribution in [-0.4, -0.2) is 29.8 Å². The van der Waals surface area contributed by atoms with Crippen molar-refractivity contribution in [2.24, 2.45) is 0 Å². The number of nitrogens with zero attached hydrogens (tertiary/aromatic N) is 1. The topological polar surface area (TPSA) is 49.4 Å². The van der Waals surface area contributed by atoms with Crippen molar-refractivity contribution in [3.8, 4) is 0 Å². The zero-order chi connectivity index (χ0) is 11.5. The number of amides is 2. The first kappa shape index (κ1) is 10.7. The molecule has 1 aromatic carbocycles. The van der Waals surface area contributed by atoms with Crippen molar-refractivity contribution in [1.29, 1.82) is 0 Å². The summed E-state index contributed by atoms with van der Waals surface area (Å²) in [5.41, 5.74) is 1.85. The fraction of sp³-hybridized carbons (Fsp3) is 0.333. The number of rotatable bonds is 3. The van der Waals surface area contributed by atoms with Gasteiger partial charge >= 0.3 is 0 Å². The van der Waals surface area contributed by atoms with Gasteiger partial charge in [-0.1, -0.05) is 18.2 Å². The van der Waals surface area contributed by atoms with Crippen LogP contribution < -0.4 is 5.32 Å². The fourth-order valence-corrected chi connectivity index (χ4v) is 1.86. The van der Waals surface area contributed by atoms with E-state index < -0.39 is 0 Å². The third kappa shape index (κ3) is 2.05. The van der Waals surface area contributed by atoms with Crippen molar-refractivity contribution in [2.45, 2.75) is 13.5 Å². The molecule has 0 spiro atoms. The smallest absolute Gasteiger partial charge is 0.254 e. The summed E-state index contributed by atoms with van der Waals surface area (Å²) in [4.78, 5) is 24.3. The number of benzene rings is 1. The van der Waals surface area contributed by atoms with Gasteiger partial charge in [-0.15, -0.1) is 0 Å². The maximum Gasteiger partial charge on any atom is 0.254 e. The lowest BCUT2D eigenvalue weighted by Gasteiger charge is -2.15. The second-order valence-corrected chi connectivity index (χ2v) is 3.87.